The standard InChI is InChI=1S/C15H24BrN3O2/c1-10-13(16)12(18(4)17-10)9-19-7-5-6-11(8-19)15(2,3)14(20)21/h11H,5-9H2,1-4H3,(H,20,21). The zero-order chi connectivity index (χ0) is 15.8. The molecule has 1 aromatic rings. The summed E-state index contributed by atoms with van der Waals surface area (Å²) in [7, 11) is 1.95. The molecule has 1 aromatic heterocycles. The molecule has 1 N–H and O–H groups in total. The van der Waals surface area contributed by atoms with Gasteiger partial charge in [0, 0.05) is 20.1 Å². The molecule has 5 nitrogen and oxygen atoms in total. The molecule has 2 rings (SSSR count). The maximum Gasteiger partial charge on any atom is 0.309 e. The monoisotopic (exact) mass is 357 g/mol. The van der Waals surface area contributed by atoms with Crippen LogP contribution < -0.4 is 0 Å². The molecular formula is C15H24BrN3O2. The summed E-state index contributed by atoms with van der Waals surface area (Å²) in [6.07, 6.45) is 2.04. The summed E-state index contributed by atoms with van der Waals surface area (Å²) >= 11 is 3.60. The predicted molar refractivity (Wildman–Crippen MR) is 85.1 cm³/mol. The number of carboxylic acids is 1. The Morgan fingerprint density at radius 1 is 1.52 bits per heavy atom. The highest BCUT2D eigenvalue weighted by Crippen LogP contribution is 2.35. The van der Waals surface area contributed by atoms with E-state index in [2.05, 4.69) is 25.9 Å². The van der Waals surface area contributed by atoms with Crippen molar-refractivity contribution in [3.05, 3.63) is 15.9 Å². The summed E-state index contributed by atoms with van der Waals surface area (Å²) in [6, 6.07) is 0. The molecule has 2 heterocycles. The van der Waals surface area contributed by atoms with E-state index >= 15 is 0 Å². The number of hydrogen-bond acceptors (Lipinski definition) is 3. The molecule has 0 bridgehead atoms. The van der Waals surface area contributed by atoms with E-state index in [0.717, 1.165) is 48.3 Å². The minimum absolute atomic E-state index is 0.192. The quantitative estimate of drug-likeness (QED) is 0.899. The van der Waals surface area contributed by atoms with Gasteiger partial charge in [-0.05, 0) is 62.0 Å². The first kappa shape index (κ1) is 16.5. The Hall–Kier alpha value is -0.880. The maximum absolute atomic E-state index is 11.5. The lowest BCUT2D eigenvalue weighted by Gasteiger charge is -2.39. The van der Waals surface area contributed by atoms with Crippen LogP contribution in [-0.2, 0) is 18.4 Å². The molecule has 0 saturated carbocycles. The van der Waals surface area contributed by atoms with Gasteiger partial charge in [0.15, 0.2) is 0 Å². The van der Waals surface area contributed by atoms with Crippen molar-refractivity contribution in [2.24, 2.45) is 18.4 Å². The van der Waals surface area contributed by atoms with Crippen molar-refractivity contribution in [3.8, 4) is 0 Å². The summed E-state index contributed by atoms with van der Waals surface area (Å²) < 4.78 is 2.97. The van der Waals surface area contributed by atoms with Crippen LogP contribution in [0.2, 0.25) is 0 Å². The van der Waals surface area contributed by atoms with Gasteiger partial charge in [0.2, 0.25) is 0 Å². The van der Waals surface area contributed by atoms with Gasteiger partial charge in [-0.1, -0.05) is 0 Å². The average Bonchev–Trinajstić information content (AvgIpc) is 2.65. The Labute approximate surface area is 134 Å². The largest absolute Gasteiger partial charge is 0.481 e. The van der Waals surface area contributed by atoms with Gasteiger partial charge in [-0.3, -0.25) is 14.4 Å². The molecule has 118 valence electrons. The Balaban J connectivity index is 2.10. The average molecular weight is 358 g/mol. The van der Waals surface area contributed by atoms with Gasteiger partial charge in [0.25, 0.3) is 0 Å². The van der Waals surface area contributed by atoms with Gasteiger partial charge >= 0.3 is 5.97 Å². The van der Waals surface area contributed by atoms with E-state index in [-0.39, 0.29) is 5.92 Å². The molecule has 1 saturated heterocycles. The number of rotatable bonds is 4. The van der Waals surface area contributed by atoms with Crippen LogP contribution in [0, 0.1) is 18.3 Å². The molecule has 1 aliphatic heterocycles. The summed E-state index contributed by atoms with van der Waals surface area (Å²) in [4.78, 5) is 13.8. The van der Waals surface area contributed by atoms with Crippen LogP contribution >= 0.6 is 15.9 Å². The number of aliphatic carboxylic acids is 1. The van der Waals surface area contributed by atoms with Crippen molar-refractivity contribution in [1.29, 1.82) is 0 Å². The number of aryl methyl sites for hydroxylation is 2. The SMILES string of the molecule is Cc1nn(C)c(CN2CCCC(C(C)(C)C(=O)O)C2)c1Br. The third kappa shape index (κ3) is 3.31. The number of aromatic nitrogens is 2. The summed E-state index contributed by atoms with van der Waals surface area (Å²) in [5.74, 6) is -0.510. The van der Waals surface area contributed by atoms with E-state index < -0.39 is 11.4 Å². The second-order valence-corrected chi connectivity index (χ2v) is 7.36. The van der Waals surface area contributed by atoms with Crippen molar-refractivity contribution >= 4 is 21.9 Å². The topological polar surface area (TPSA) is 58.4 Å². The molecule has 21 heavy (non-hydrogen) atoms. The third-order valence-corrected chi connectivity index (χ3v) is 5.74. The van der Waals surface area contributed by atoms with Gasteiger partial charge < -0.3 is 5.11 Å². The van der Waals surface area contributed by atoms with Crippen LogP contribution in [0.5, 0.6) is 0 Å². The number of carboxylic acid groups (broad SMARTS) is 1. The van der Waals surface area contributed by atoms with Gasteiger partial charge in [0.1, 0.15) is 0 Å². The van der Waals surface area contributed by atoms with Crippen molar-refractivity contribution in [3.63, 3.8) is 0 Å². The van der Waals surface area contributed by atoms with Crippen LogP contribution in [0.3, 0.4) is 0 Å². The van der Waals surface area contributed by atoms with Crippen molar-refractivity contribution in [2.75, 3.05) is 13.1 Å². The van der Waals surface area contributed by atoms with Gasteiger partial charge in [-0.15, -0.1) is 0 Å². The fraction of sp³-hybridized carbons (Fsp3) is 0.733. The Morgan fingerprint density at radius 2 is 2.19 bits per heavy atom. The first-order valence-corrected chi connectivity index (χ1v) is 8.16. The van der Waals surface area contributed by atoms with Crippen molar-refractivity contribution in [1.82, 2.24) is 14.7 Å². The molecule has 1 unspecified atom stereocenters. The number of piperidine rings is 1. The van der Waals surface area contributed by atoms with Crippen LogP contribution in [0.15, 0.2) is 4.47 Å². The van der Waals surface area contributed by atoms with Crippen molar-refractivity contribution < 1.29 is 9.90 Å². The highest BCUT2D eigenvalue weighted by atomic mass is 79.9. The van der Waals surface area contributed by atoms with Gasteiger partial charge in [-0.25, -0.2) is 0 Å². The van der Waals surface area contributed by atoms with Crippen LogP contribution in [0.4, 0.5) is 0 Å². The van der Waals surface area contributed by atoms with Crippen LogP contribution in [-0.4, -0.2) is 38.8 Å². The lowest BCUT2D eigenvalue weighted by atomic mass is 9.74. The fourth-order valence-corrected chi connectivity index (χ4v) is 3.49. The molecule has 0 aliphatic carbocycles. The zero-order valence-corrected chi connectivity index (χ0v) is 14.8. The molecule has 0 radical (unpaired) electrons. The van der Waals surface area contributed by atoms with E-state index in [9.17, 15) is 9.90 Å². The van der Waals surface area contributed by atoms with Gasteiger partial charge in [0.05, 0.1) is 21.3 Å². The second kappa shape index (κ2) is 6.08. The maximum atomic E-state index is 11.5. The lowest BCUT2D eigenvalue weighted by molar-refractivity contribution is -0.151. The zero-order valence-electron chi connectivity index (χ0n) is 13.2. The number of halogens is 1. The van der Waals surface area contributed by atoms with E-state index in [1.54, 1.807) is 0 Å². The van der Waals surface area contributed by atoms with E-state index in [4.69, 9.17) is 0 Å². The predicted octanol–water partition coefficient (Wildman–Crippen LogP) is 2.81. The molecule has 0 aromatic carbocycles. The molecule has 1 atom stereocenters. The third-order valence-electron chi connectivity index (χ3n) is 4.71. The lowest BCUT2D eigenvalue weighted by Crippen LogP contribution is -2.44. The minimum atomic E-state index is -0.702. The van der Waals surface area contributed by atoms with Gasteiger partial charge in [-0.2, -0.15) is 5.10 Å². The highest BCUT2D eigenvalue weighted by Gasteiger charge is 2.39. The number of nitrogens with zero attached hydrogens (tertiary/aromatic N) is 3. The van der Waals surface area contributed by atoms with E-state index in [1.165, 1.54) is 0 Å². The van der Waals surface area contributed by atoms with E-state index in [0.29, 0.717) is 0 Å². The first-order chi connectivity index (χ1) is 9.73. The van der Waals surface area contributed by atoms with E-state index in [1.807, 2.05) is 32.5 Å². The Kier molecular flexibility index (Phi) is 4.78. The minimum Gasteiger partial charge on any atom is -0.481 e. The van der Waals surface area contributed by atoms with Crippen LogP contribution in [0.25, 0.3) is 0 Å². The Morgan fingerprint density at radius 3 is 2.71 bits per heavy atom. The summed E-state index contributed by atoms with van der Waals surface area (Å²) in [5, 5.41) is 13.8. The molecule has 1 aliphatic rings. The van der Waals surface area contributed by atoms with Crippen molar-refractivity contribution in [2.45, 2.75) is 40.2 Å². The first-order valence-electron chi connectivity index (χ1n) is 7.37. The molecule has 0 spiro atoms. The Bertz CT molecular complexity index is 539. The number of hydrogen-bond donors (Lipinski definition) is 1. The smallest absolute Gasteiger partial charge is 0.309 e. The number of likely N-dealkylation sites (tertiary alicyclic amines) is 1. The second-order valence-electron chi connectivity index (χ2n) is 6.57. The normalized spacial score (nSPS) is 20.7. The summed E-state index contributed by atoms with van der Waals surface area (Å²) in [5.41, 5.74) is 1.48. The highest BCUT2D eigenvalue weighted by molar-refractivity contribution is 9.10. The molecule has 6 heteroatoms. The number of carbonyl (C=O) groups is 1. The molecular weight excluding hydrogens is 334 g/mol. The fourth-order valence-electron chi connectivity index (χ4n) is 3.03. The molecule has 1 fully saturated rings. The molecule has 0 amide bonds. The summed E-state index contributed by atoms with van der Waals surface area (Å²) in [6.45, 7) is 8.32. The van der Waals surface area contributed by atoms with Crippen LogP contribution in [0.1, 0.15) is 38.1 Å².